The summed E-state index contributed by atoms with van der Waals surface area (Å²) in [4.78, 5) is 0. The number of ether oxygens (including phenoxy) is 2. The molecule has 23 heavy (non-hydrogen) atoms. The third-order valence-electron chi connectivity index (χ3n) is 4.08. The summed E-state index contributed by atoms with van der Waals surface area (Å²) in [6.07, 6.45) is 0.133. The summed E-state index contributed by atoms with van der Waals surface area (Å²) >= 11 is 8.44. The Balaban J connectivity index is 1.72. The van der Waals surface area contributed by atoms with E-state index in [4.69, 9.17) is 27.6 Å². The quantitative estimate of drug-likeness (QED) is 0.349. The van der Waals surface area contributed by atoms with Crippen LogP contribution < -0.4 is 0 Å². The van der Waals surface area contributed by atoms with E-state index in [0.717, 1.165) is 0 Å². The summed E-state index contributed by atoms with van der Waals surface area (Å²) < 4.78 is 46.5. The van der Waals surface area contributed by atoms with Gasteiger partial charge in [0.1, 0.15) is 21.8 Å². The minimum absolute atomic E-state index is 0.0126. The maximum Gasteiger partial charge on any atom is 0.386 e. The molecule has 8 atom stereocenters. The van der Waals surface area contributed by atoms with E-state index in [-0.39, 0.29) is 43.5 Å². The van der Waals surface area contributed by atoms with Gasteiger partial charge in [0.15, 0.2) is 0 Å². The van der Waals surface area contributed by atoms with Crippen LogP contribution in [0.2, 0.25) is 0 Å². The van der Waals surface area contributed by atoms with Crippen molar-refractivity contribution in [3.8, 4) is 0 Å². The van der Waals surface area contributed by atoms with E-state index in [1.165, 1.54) is 0 Å². The summed E-state index contributed by atoms with van der Waals surface area (Å²) in [5.74, 6) is 0. The third kappa shape index (κ3) is 5.13. The molecule has 0 radical (unpaired) electrons. The van der Waals surface area contributed by atoms with E-state index in [9.17, 15) is 4.57 Å². The molecule has 3 aliphatic rings. The molecule has 0 aromatic rings. The summed E-state index contributed by atoms with van der Waals surface area (Å²) in [5, 5.41) is 0. The van der Waals surface area contributed by atoms with Crippen LogP contribution in [0.1, 0.15) is 12.8 Å². The second-order valence-corrected chi connectivity index (χ2v) is 10.8. The smallest absolute Gasteiger partial charge is 0.379 e. The van der Waals surface area contributed by atoms with Gasteiger partial charge in [-0.3, -0.25) is 9.05 Å². The van der Waals surface area contributed by atoms with Crippen molar-refractivity contribution in [2.45, 2.75) is 49.3 Å². The second kappa shape index (κ2) is 7.87. The highest BCUT2D eigenvalue weighted by molar-refractivity contribution is 8.44. The van der Waals surface area contributed by atoms with Crippen LogP contribution in [0.4, 0.5) is 0 Å². The van der Waals surface area contributed by atoms with Crippen LogP contribution in [0, 0.1) is 0 Å². The maximum atomic E-state index is 12.5. The first-order valence-electron chi connectivity index (χ1n) is 7.58. The van der Waals surface area contributed by atoms with Crippen LogP contribution in [0.15, 0.2) is 0 Å². The number of thiol groups is 2. The largest absolute Gasteiger partial charge is 0.386 e. The Hall–Kier alpha value is 1.25. The highest BCUT2D eigenvalue weighted by atomic mass is 32.7. The lowest BCUT2D eigenvalue weighted by atomic mass is 9.95. The van der Waals surface area contributed by atoms with Crippen LogP contribution in [0.25, 0.3) is 0 Å². The first-order chi connectivity index (χ1) is 10.8. The van der Waals surface area contributed by atoms with Crippen LogP contribution in [0.5, 0.6) is 0 Å². The molecule has 0 spiro atoms. The molecule has 5 unspecified atom stereocenters. The monoisotopic (exact) mass is 400 g/mol. The van der Waals surface area contributed by atoms with Gasteiger partial charge in [-0.25, -0.2) is 4.57 Å². The van der Waals surface area contributed by atoms with Gasteiger partial charge >= 0.3 is 6.80 Å². The van der Waals surface area contributed by atoms with Gasteiger partial charge in [-0.15, -0.1) is 0 Å². The van der Waals surface area contributed by atoms with Crippen molar-refractivity contribution in [1.29, 1.82) is 0 Å². The van der Waals surface area contributed by atoms with E-state index < -0.39 is 20.5 Å². The standard InChI is InChI=1S/C10H20B2O7P2S2/c11-9-2-6-8(17-9)4-14-20(22)18-7-1-5(16-10(7)12)3-15-21(13,23)19-6/h5-10,22H,1-4,11-12H2,(H,13,23)/t5?,6-,7+,8?,9+,10?,20?,21?/m0/s1. The average Bonchev–Trinajstić information content (AvgIpc) is 2.97. The van der Waals surface area contributed by atoms with Gasteiger partial charge < -0.3 is 18.5 Å². The Bertz CT molecular complexity index is 478. The SMILES string of the molecule is BC1OC2COP(=O)(S)O[C@H]3C[C@H](B)OC3COP(S)O[C@@H]1C2. The highest BCUT2D eigenvalue weighted by Crippen LogP contribution is 2.56. The van der Waals surface area contributed by atoms with E-state index in [1.54, 1.807) is 0 Å². The second-order valence-electron chi connectivity index (χ2n) is 6.01. The van der Waals surface area contributed by atoms with Gasteiger partial charge in [0.2, 0.25) is 7.58 Å². The number of rotatable bonds is 0. The topological polar surface area (TPSA) is 72.5 Å². The molecule has 3 heterocycles. The van der Waals surface area contributed by atoms with Crippen molar-refractivity contribution in [3.63, 3.8) is 0 Å². The molecule has 0 aromatic carbocycles. The highest BCUT2D eigenvalue weighted by Gasteiger charge is 2.41. The lowest BCUT2D eigenvalue weighted by molar-refractivity contribution is -0.00198. The molecule has 0 N–H and O–H groups in total. The van der Waals surface area contributed by atoms with E-state index >= 15 is 0 Å². The molecule has 7 nitrogen and oxygen atoms in total. The molecule has 2 bridgehead atoms. The van der Waals surface area contributed by atoms with E-state index in [0.29, 0.717) is 12.8 Å². The van der Waals surface area contributed by atoms with Gasteiger partial charge in [0.25, 0.3) is 0 Å². The van der Waals surface area contributed by atoms with Crippen molar-refractivity contribution in [2.75, 3.05) is 13.2 Å². The van der Waals surface area contributed by atoms with Crippen molar-refractivity contribution < 1.29 is 32.1 Å². The lowest BCUT2D eigenvalue weighted by Gasteiger charge is -2.24. The predicted molar refractivity (Wildman–Crippen MR) is 97.8 cm³/mol. The Morgan fingerprint density at radius 1 is 1.09 bits per heavy atom. The molecule has 3 saturated heterocycles. The molecule has 0 amide bonds. The van der Waals surface area contributed by atoms with Crippen LogP contribution in [0.3, 0.4) is 0 Å². The first kappa shape index (κ1) is 19.0. The van der Waals surface area contributed by atoms with Crippen LogP contribution >= 0.6 is 38.9 Å². The third-order valence-corrected chi connectivity index (χ3v) is 7.17. The van der Waals surface area contributed by atoms with Gasteiger partial charge in [-0.2, -0.15) is 0 Å². The van der Waals surface area contributed by atoms with Gasteiger partial charge in [0, 0.05) is 12.4 Å². The van der Waals surface area contributed by atoms with Gasteiger partial charge in [-0.1, -0.05) is 24.5 Å². The zero-order chi connectivity index (χ0) is 16.6. The fourth-order valence-corrected chi connectivity index (χ4v) is 5.90. The zero-order valence-corrected chi connectivity index (χ0v) is 16.5. The zero-order valence-electron chi connectivity index (χ0n) is 12.9. The van der Waals surface area contributed by atoms with Crippen molar-refractivity contribution in [3.05, 3.63) is 0 Å². The lowest BCUT2D eigenvalue weighted by Crippen LogP contribution is -2.28. The molecule has 13 heteroatoms. The number of hydrogen-bond acceptors (Lipinski definition) is 8. The fourth-order valence-electron chi connectivity index (χ4n) is 2.97. The fraction of sp³-hybridized carbons (Fsp3) is 1.00. The van der Waals surface area contributed by atoms with Gasteiger partial charge in [0.05, 0.1) is 37.5 Å². The summed E-state index contributed by atoms with van der Waals surface area (Å²) in [7, 11) is 2.50. The van der Waals surface area contributed by atoms with Crippen molar-refractivity contribution >= 4 is 54.6 Å². The number of fused-ring (bicyclic) bond motifs is 3. The predicted octanol–water partition coefficient (Wildman–Crippen LogP) is 0.494. The maximum absolute atomic E-state index is 12.5. The van der Waals surface area contributed by atoms with Gasteiger partial charge in [-0.05, 0) is 6.42 Å². The normalized spacial score (nSPS) is 52.2. The molecule has 0 aliphatic carbocycles. The minimum Gasteiger partial charge on any atom is -0.379 e. The van der Waals surface area contributed by atoms with Crippen molar-refractivity contribution in [1.82, 2.24) is 0 Å². The summed E-state index contributed by atoms with van der Waals surface area (Å²) in [6.45, 7) is -3.10. The minimum atomic E-state index is -3.49. The molecular formula is C10H20B2O7P2S2. The van der Waals surface area contributed by atoms with E-state index in [2.05, 4.69) is 24.5 Å². The molecule has 3 rings (SSSR count). The van der Waals surface area contributed by atoms with E-state index in [1.807, 2.05) is 15.7 Å². The average molecular weight is 400 g/mol. The summed E-state index contributed by atoms with van der Waals surface area (Å²) in [6, 6.07) is -0.121. The Labute approximate surface area is 149 Å². The van der Waals surface area contributed by atoms with Crippen LogP contribution in [-0.2, 0) is 32.1 Å². The molecule has 0 aromatic heterocycles. The molecule has 0 saturated carbocycles. The number of hydrogen-bond donors (Lipinski definition) is 2. The summed E-state index contributed by atoms with van der Waals surface area (Å²) in [5.41, 5.74) is 0. The molecule has 130 valence electrons. The Morgan fingerprint density at radius 3 is 2.65 bits per heavy atom. The Kier molecular flexibility index (Phi) is 6.51. The molecular weight excluding hydrogens is 380 g/mol. The van der Waals surface area contributed by atoms with Crippen molar-refractivity contribution in [2.24, 2.45) is 0 Å². The molecule has 3 fully saturated rings. The molecule has 3 aliphatic heterocycles. The first-order valence-corrected chi connectivity index (χ1v) is 12.6. The Morgan fingerprint density at radius 2 is 1.87 bits per heavy atom. The van der Waals surface area contributed by atoms with Crippen LogP contribution in [-0.4, -0.2) is 65.3 Å².